The predicted molar refractivity (Wildman–Crippen MR) is 87.8 cm³/mol. The molecule has 1 fully saturated rings. The molecule has 0 spiro atoms. The van der Waals surface area contributed by atoms with Crippen LogP contribution in [0, 0.1) is 0 Å². The molecule has 1 heterocycles. The lowest BCUT2D eigenvalue weighted by atomic mass is 10.2. The van der Waals surface area contributed by atoms with Crippen molar-refractivity contribution in [3.63, 3.8) is 0 Å². The topological polar surface area (TPSA) is 58.4 Å². The largest absolute Gasteiger partial charge is 0.380 e. The first-order chi connectivity index (χ1) is 8.65. The van der Waals surface area contributed by atoms with Gasteiger partial charge in [-0.15, -0.1) is 24.8 Å². The van der Waals surface area contributed by atoms with Gasteiger partial charge < -0.3 is 16.0 Å². The van der Waals surface area contributed by atoms with Gasteiger partial charge in [-0.25, -0.2) is 0 Å². The Balaban J connectivity index is 0.00000180. The molecule has 3 N–H and O–H groups in total. The highest BCUT2D eigenvalue weighted by molar-refractivity contribution is 5.85. The molecule has 1 aromatic carbocycles. The van der Waals surface area contributed by atoms with Crippen LogP contribution >= 0.6 is 24.8 Å². The second kappa shape index (κ2) is 9.06. The minimum atomic E-state index is -0.0568. The van der Waals surface area contributed by atoms with Crippen molar-refractivity contribution in [2.24, 2.45) is 5.73 Å². The van der Waals surface area contributed by atoms with Crippen LogP contribution in [0.2, 0.25) is 0 Å². The summed E-state index contributed by atoms with van der Waals surface area (Å²) >= 11 is 0. The number of benzene rings is 1. The first-order valence-corrected chi connectivity index (χ1v) is 6.50. The Hall–Kier alpha value is -0.970. The maximum atomic E-state index is 11.9. The summed E-state index contributed by atoms with van der Waals surface area (Å²) in [6, 6.07) is 10.4. The molecule has 0 aromatic heterocycles. The molecule has 0 saturated carbocycles. The second-order valence-corrected chi connectivity index (χ2v) is 5.02. The van der Waals surface area contributed by atoms with E-state index >= 15 is 0 Å². The molecule has 1 aliphatic rings. The Morgan fingerprint density at radius 3 is 2.65 bits per heavy atom. The molecule has 0 bridgehead atoms. The van der Waals surface area contributed by atoms with Gasteiger partial charge >= 0.3 is 0 Å². The summed E-state index contributed by atoms with van der Waals surface area (Å²) in [5, 5.41) is 3.45. The van der Waals surface area contributed by atoms with Gasteiger partial charge in [0, 0.05) is 37.3 Å². The van der Waals surface area contributed by atoms with Crippen molar-refractivity contribution in [2.75, 3.05) is 18.4 Å². The lowest BCUT2D eigenvalue weighted by Crippen LogP contribution is -2.34. The van der Waals surface area contributed by atoms with E-state index in [1.54, 1.807) is 0 Å². The zero-order chi connectivity index (χ0) is 13.0. The second-order valence-electron chi connectivity index (χ2n) is 5.02. The van der Waals surface area contributed by atoms with E-state index in [4.69, 9.17) is 5.73 Å². The van der Waals surface area contributed by atoms with E-state index in [9.17, 15) is 4.79 Å². The van der Waals surface area contributed by atoms with Crippen LogP contribution in [0.15, 0.2) is 30.3 Å². The Morgan fingerprint density at radius 2 is 2.05 bits per heavy atom. The zero-order valence-corrected chi connectivity index (χ0v) is 13.3. The van der Waals surface area contributed by atoms with Gasteiger partial charge in [-0.3, -0.25) is 4.79 Å². The maximum absolute atomic E-state index is 11.9. The Kier molecular flexibility index (Phi) is 8.62. The summed E-state index contributed by atoms with van der Waals surface area (Å²) in [6.07, 6.45) is 1.44. The molecule has 114 valence electrons. The molecular formula is C14H23Cl2N3O. The molecule has 4 nitrogen and oxygen atoms in total. The summed E-state index contributed by atoms with van der Waals surface area (Å²) in [4.78, 5) is 13.8. The van der Waals surface area contributed by atoms with Crippen molar-refractivity contribution < 1.29 is 4.79 Å². The highest BCUT2D eigenvalue weighted by atomic mass is 35.5. The predicted octanol–water partition coefficient (Wildman–Crippen LogP) is 2.28. The summed E-state index contributed by atoms with van der Waals surface area (Å²) in [7, 11) is 0. The number of halogens is 2. The molecule has 1 aromatic rings. The quantitative estimate of drug-likeness (QED) is 0.895. The third kappa shape index (κ3) is 5.57. The van der Waals surface area contributed by atoms with Gasteiger partial charge in [-0.05, 0) is 25.5 Å². The average molecular weight is 320 g/mol. The van der Waals surface area contributed by atoms with Gasteiger partial charge in [0.25, 0.3) is 0 Å². The number of hydrogen-bond donors (Lipinski definition) is 2. The lowest BCUT2D eigenvalue weighted by molar-refractivity contribution is -0.130. The summed E-state index contributed by atoms with van der Waals surface area (Å²) in [5.74, 6) is 0.169. The average Bonchev–Trinajstić information content (AvgIpc) is 2.78. The van der Waals surface area contributed by atoms with E-state index in [-0.39, 0.29) is 36.8 Å². The van der Waals surface area contributed by atoms with E-state index in [1.165, 1.54) is 0 Å². The standard InChI is InChI=1S/C14H21N3O.2ClH/c1-11(15)9-14(18)17-8-7-13(10-17)16-12-5-3-2-4-6-12;;/h2-6,11,13,16H,7-10,15H2,1H3;2*1H. The van der Waals surface area contributed by atoms with E-state index in [1.807, 2.05) is 42.2 Å². The van der Waals surface area contributed by atoms with Gasteiger partial charge in [-0.1, -0.05) is 18.2 Å². The summed E-state index contributed by atoms with van der Waals surface area (Å²) in [5.41, 5.74) is 6.77. The Bertz CT molecular complexity index is 401. The van der Waals surface area contributed by atoms with Crippen molar-refractivity contribution in [3.8, 4) is 0 Å². The van der Waals surface area contributed by atoms with Crippen LogP contribution < -0.4 is 11.1 Å². The number of nitrogens with two attached hydrogens (primary N) is 1. The van der Waals surface area contributed by atoms with Gasteiger partial charge in [0.15, 0.2) is 0 Å². The number of amides is 1. The van der Waals surface area contributed by atoms with E-state index in [2.05, 4.69) is 5.32 Å². The van der Waals surface area contributed by atoms with E-state index in [0.29, 0.717) is 12.5 Å². The molecule has 2 rings (SSSR count). The van der Waals surface area contributed by atoms with Gasteiger partial charge in [0.05, 0.1) is 0 Å². The SMILES string of the molecule is CC(N)CC(=O)N1CCC(Nc2ccccc2)C1.Cl.Cl. The molecular weight excluding hydrogens is 297 g/mol. The molecule has 1 aliphatic heterocycles. The minimum absolute atomic E-state index is 0. The van der Waals surface area contributed by atoms with Crippen molar-refractivity contribution >= 4 is 36.4 Å². The lowest BCUT2D eigenvalue weighted by Gasteiger charge is -2.18. The normalized spacial score (nSPS) is 18.7. The fraction of sp³-hybridized carbons (Fsp3) is 0.500. The fourth-order valence-corrected chi connectivity index (χ4v) is 2.28. The number of nitrogens with zero attached hydrogens (tertiary/aromatic N) is 1. The number of rotatable bonds is 4. The zero-order valence-electron chi connectivity index (χ0n) is 11.6. The highest BCUT2D eigenvalue weighted by Gasteiger charge is 2.26. The third-order valence-corrected chi connectivity index (χ3v) is 3.18. The van der Waals surface area contributed by atoms with Crippen molar-refractivity contribution in [1.82, 2.24) is 4.90 Å². The van der Waals surface area contributed by atoms with Gasteiger partial charge in [0.2, 0.25) is 5.91 Å². The number of likely N-dealkylation sites (tertiary alicyclic amines) is 1. The first kappa shape index (κ1) is 19.0. The fourth-order valence-electron chi connectivity index (χ4n) is 2.28. The van der Waals surface area contributed by atoms with Crippen molar-refractivity contribution in [3.05, 3.63) is 30.3 Å². The van der Waals surface area contributed by atoms with Crippen LogP contribution in [0.25, 0.3) is 0 Å². The highest BCUT2D eigenvalue weighted by Crippen LogP contribution is 2.16. The molecule has 2 unspecified atom stereocenters. The number of nitrogens with one attached hydrogen (secondary N) is 1. The monoisotopic (exact) mass is 319 g/mol. The smallest absolute Gasteiger partial charge is 0.224 e. The number of carbonyl (C=O) groups excluding carboxylic acids is 1. The minimum Gasteiger partial charge on any atom is -0.380 e. The van der Waals surface area contributed by atoms with Gasteiger partial charge in [-0.2, -0.15) is 0 Å². The number of carbonyl (C=O) groups is 1. The molecule has 1 amide bonds. The van der Waals surface area contributed by atoms with Crippen LogP contribution in [-0.2, 0) is 4.79 Å². The Labute approximate surface area is 132 Å². The van der Waals surface area contributed by atoms with Crippen LogP contribution in [0.5, 0.6) is 0 Å². The molecule has 0 radical (unpaired) electrons. The van der Waals surface area contributed by atoms with Crippen LogP contribution in [0.3, 0.4) is 0 Å². The Morgan fingerprint density at radius 1 is 1.40 bits per heavy atom. The first-order valence-electron chi connectivity index (χ1n) is 6.50. The number of para-hydroxylation sites is 1. The number of hydrogen-bond acceptors (Lipinski definition) is 3. The third-order valence-electron chi connectivity index (χ3n) is 3.18. The van der Waals surface area contributed by atoms with Gasteiger partial charge in [0.1, 0.15) is 0 Å². The van der Waals surface area contributed by atoms with Crippen LogP contribution in [-0.4, -0.2) is 36.0 Å². The number of anilines is 1. The van der Waals surface area contributed by atoms with Crippen LogP contribution in [0.4, 0.5) is 5.69 Å². The molecule has 2 atom stereocenters. The summed E-state index contributed by atoms with van der Waals surface area (Å²) in [6.45, 7) is 3.48. The van der Waals surface area contributed by atoms with E-state index < -0.39 is 0 Å². The van der Waals surface area contributed by atoms with Crippen molar-refractivity contribution in [2.45, 2.75) is 31.8 Å². The maximum Gasteiger partial charge on any atom is 0.224 e. The summed E-state index contributed by atoms with van der Waals surface area (Å²) < 4.78 is 0. The molecule has 0 aliphatic carbocycles. The van der Waals surface area contributed by atoms with Crippen molar-refractivity contribution in [1.29, 1.82) is 0 Å². The molecule has 1 saturated heterocycles. The van der Waals surface area contributed by atoms with Crippen LogP contribution in [0.1, 0.15) is 19.8 Å². The molecule has 6 heteroatoms. The van der Waals surface area contributed by atoms with E-state index in [0.717, 1.165) is 25.2 Å². The molecule has 20 heavy (non-hydrogen) atoms.